The van der Waals surface area contributed by atoms with Crippen LogP contribution in [0, 0.1) is 0 Å². The second-order valence-electron chi connectivity index (χ2n) is 6.62. The van der Waals surface area contributed by atoms with Gasteiger partial charge in [0.25, 0.3) is 5.91 Å². The number of rotatable bonds is 6. The van der Waals surface area contributed by atoms with Gasteiger partial charge >= 0.3 is 5.76 Å². The average molecular weight is 384 g/mol. The molecule has 0 unspecified atom stereocenters. The van der Waals surface area contributed by atoms with Crippen molar-refractivity contribution in [2.24, 2.45) is 0 Å². The molecule has 0 radical (unpaired) electrons. The van der Waals surface area contributed by atoms with Gasteiger partial charge in [0.2, 0.25) is 0 Å². The van der Waals surface area contributed by atoms with Crippen molar-refractivity contribution < 1.29 is 13.9 Å². The molecule has 1 aliphatic rings. The van der Waals surface area contributed by atoms with E-state index in [1.807, 2.05) is 49.0 Å². The smallest absolute Gasteiger partial charge is 0.420 e. The molecule has 0 spiro atoms. The van der Waals surface area contributed by atoms with Crippen molar-refractivity contribution in [3.05, 3.63) is 64.6 Å². The topological polar surface area (TPSA) is 73.5 Å². The quantitative estimate of drug-likeness (QED) is 0.707. The molecule has 140 valence electrons. The maximum atomic E-state index is 12.5. The van der Waals surface area contributed by atoms with Crippen molar-refractivity contribution in [3.8, 4) is 5.75 Å². The first kappa shape index (κ1) is 17.7. The van der Waals surface area contributed by atoms with Crippen molar-refractivity contribution >= 4 is 28.8 Å². The number of hydrogen-bond donors (Lipinski definition) is 1. The molecule has 0 aliphatic carbocycles. The maximum Gasteiger partial charge on any atom is 0.420 e. The lowest BCUT2D eigenvalue weighted by molar-refractivity contribution is 0.0936. The molecule has 1 fully saturated rings. The molecular weight excluding hydrogens is 364 g/mol. The van der Waals surface area contributed by atoms with Gasteiger partial charge < -0.3 is 14.5 Å². The number of fused-ring (bicyclic) bond motifs is 1. The lowest BCUT2D eigenvalue weighted by atomic mass is 10.2. The summed E-state index contributed by atoms with van der Waals surface area (Å²) in [4.78, 5) is 24.5. The minimum atomic E-state index is -0.423. The Kier molecular flexibility index (Phi) is 4.94. The second kappa shape index (κ2) is 7.52. The summed E-state index contributed by atoms with van der Waals surface area (Å²) in [6.07, 6.45) is 0.276. The van der Waals surface area contributed by atoms with Crippen molar-refractivity contribution in [2.45, 2.75) is 25.6 Å². The van der Waals surface area contributed by atoms with Crippen LogP contribution in [0.2, 0.25) is 0 Å². The van der Waals surface area contributed by atoms with Gasteiger partial charge in [0, 0.05) is 29.7 Å². The van der Waals surface area contributed by atoms with Gasteiger partial charge in [-0.15, -0.1) is 0 Å². The third-order valence-electron chi connectivity index (χ3n) is 4.43. The number of nitrogens with zero attached hydrogens (tertiary/aromatic N) is 1. The highest BCUT2D eigenvalue weighted by molar-refractivity contribution is 8.00. The summed E-state index contributed by atoms with van der Waals surface area (Å²) in [5.74, 6) is 2.20. The van der Waals surface area contributed by atoms with Crippen LogP contribution in [0.3, 0.4) is 0 Å². The van der Waals surface area contributed by atoms with E-state index in [4.69, 9.17) is 9.15 Å². The highest BCUT2D eigenvalue weighted by Gasteiger charge is 2.20. The molecule has 3 aromatic rings. The first-order valence-electron chi connectivity index (χ1n) is 8.84. The van der Waals surface area contributed by atoms with E-state index in [0.29, 0.717) is 17.7 Å². The molecule has 2 aromatic carbocycles. The fraction of sp³-hybridized carbons (Fsp3) is 0.300. The molecule has 1 aliphatic heterocycles. The Hall–Kier alpha value is -2.67. The molecule has 2 heterocycles. The maximum absolute atomic E-state index is 12.5. The van der Waals surface area contributed by atoms with E-state index >= 15 is 0 Å². The van der Waals surface area contributed by atoms with Crippen LogP contribution in [0.4, 0.5) is 0 Å². The van der Waals surface area contributed by atoms with E-state index < -0.39 is 5.76 Å². The Morgan fingerprint density at radius 3 is 2.70 bits per heavy atom. The molecule has 1 saturated heterocycles. The first-order chi connectivity index (χ1) is 13.1. The number of carbonyl (C=O) groups excluding carboxylic acids is 1. The summed E-state index contributed by atoms with van der Waals surface area (Å²) >= 11 is 1.86. The van der Waals surface area contributed by atoms with E-state index in [1.165, 1.54) is 4.57 Å². The molecule has 6 nitrogen and oxygen atoms in total. The predicted octanol–water partition coefficient (Wildman–Crippen LogP) is 2.91. The average Bonchev–Trinajstić information content (AvgIpc) is 2.94. The van der Waals surface area contributed by atoms with Crippen LogP contribution in [-0.4, -0.2) is 34.1 Å². The summed E-state index contributed by atoms with van der Waals surface area (Å²) in [6, 6.07) is 14.1. The second-order valence-corrected chi connectivity index (χ2v) is 7.70. The zero-order valence-corrected chi connectivity index (χ0v) is 15.7. The number of nitrogens with one attached hydrogen (secondary N) is 1. The monoisotopic (exact) mass is 384 g/mol. The summed E-state index contributed by atoms with van der Waals surface area (Å²) in [5, 5.41) is 2.92. The van der Waals surface area contributed by atoms with Crippen molar-refractivity contribution in [3.63, 3.8) is 0 Å². The Bertz CT molecular complexity index is 1000. The molecule has 0 saturated carbocycles. The molecule has 0 bridgehead atoms. The Labute approximate surface area is 160 Å². The van der Waals surface area contributed by atoms with Crippen LogP contribution in [0.1, 0.15) is 17.3 Å². The van der Waals surface area contributed by atoms with Crippen LogP contribution >= 0.6 is 11.8 Å². The van der Waals surface area contributed by atoms with Gasteiger partial charge in [-0.05, 0) is 43.3 Å². The molecular formula is C20H20N2O4S. The van der Waals surface area contributed by atoms with E-state index in [9.17, 15) is 9.59 Å². The lowest BCUT2D eigenvalue weighted by Gasteiger charge is -2.25. The van der Waals surface area contributed by atoms with Crippen LogP contribution in [0.25, 0.3) is 11.1 Å². The standard InChI is InChI=1S/C20H20N2O4S/c1-13(10-22-17-4-2-3-5-18(17)26-20(22)24)21-19(23)14-6-8-15(9-7-14)25-16-11-27-12-16/h2-9,13,16H,10-12H2,1H3,(H,21,23)/t13-/m1/s1. The number of oxazole rings is 1. The Balaban J connectivity index is 1.39. The number of aromatic nitrogens is 1. The minimum Gasteiger partial charge on any atom is -0.489 e. The lowest BCUT2D eigenvalue weighted by Crippen LogP contribution is -2.37. The summed E-state index contributed by atoms with van der Waals surface area (Å²) in [5.41, 5.74) is 1.82. The summed E-state index contributed by atoms with van der Waals surface area (Å²) in [6.45, 7) is 2.19. The van der Waals surface area contributed by atoms with Gasteiger partial charge in [0.15, 0.2) is 5.58 Å². The molecule has 1 aromatic heterocycles. The highest BCUT2D eigenvalue weighted by Crippen LogP contribution is 2.24. The SMILES string of the molecule is C[C@H](Cn1c(=O)oc2ccccc21)NC(=O)c1ccc(OC2CSC2)cc1. The van der Waals surface area contributed by atoms with Gasteiger partial charge in [0.1, 0.15) is 11.9 Å². The van der Waals surface area contributed by atoms with E-state index in [1.54, 1.807) is 18.2 Å². The fourth-order valence-corrected chi connectivity index (χ4v) is 3.54. The zero-order chi connectivity index (χ0) is 18.8. The van der Waals surface area contributed by atoms with E-state index in [-0.39, 0.29) is 18.1 Å². The number of amides is 1. The van der Waals surface area contributed by atoms with Crippen LogP contribution < -0.4 is 15.8 Å². The van der Waals surface area contributed by atoms with Gasteiger partial charge in [-0.3, -0.25) is 9.36 Å². The first-order valence-corrected chi connectivity index (χ1v) is 9.99. The largest absolute Gasteiger partial charge is 0.489 e. The van der Waals surface area contributed by atoms with E-state index in [2.05, 4.69) is 5.32 Å². The van der Waals surface area contributed by atoms with Gasteiger partial charge in [-0.2, -0.15) is 11.8 Å². The molecule has 1 atom stereocenters. The number of benzene rings is 2. The van der Waals surface area contributed by atoms with Crippen LogP contribution in [0.15, 0.2) is 57.7 Å². The summed E-state index contributed by atoms with van der Waals surface area (Å²) < 4.78 is 12.6. The Morgan fingerprint density at radius 2 is 2.00 bits per heavy atom. The highest BCUT2D eigenvalue weighted by atomic mass is 32.2. The zero-order valence-electron chi connectivity index (χ0n) is 14.9. The number of carbonyl (C=O) groups is 1. The molecule has 7 heteroatoms. The predicted molar refractivity (Wildman–Crippen MR) is 106 cm³/mol. The molecule has 27 heavy (non-hydrogen) atoms. The summed E-state index contributed by atoms with van der Waals surface area (Å²) in [7, 11) is 0. The third-order valence-corrected chi connectivity index (χ3v) is 5.65. The van der Waals surface area contributed by atoms with Gasteiger partial charge in [0.05, 0.1) is 5.52 Å². The van der Waals surface area contributed by atoms with Crippen molar-refractivity contribution in [2.75, 3.05) is 11.5 Å². The fourth-order valence-electron chi connectivity index (χ4n) is 2.97. The minimum absolute atomic E-state index is 0.186. The van der Waals surface area contributed by atoms with Crippen molar-refractivity contribution in [1.82, 2.24) is 9.88 Å². The molecule has 1 N–H and O–H groups in total. The number of thioether (sulfide) groups is 1. The number of hydrogen-bond acceptors (Lipinski definition) is 5. The molecule has 4 rings (SSSR count). The van der Waals surface area contributed by atoms with Crippen LogP contribution in [0.5, 0.6) is 5.75 Å². The van der Waals surface area contributed by atoms with Crippen molar-refractivity contribution in [1.29, 1.82) is 0 Å². The number of para-hydroxylation sites is 2. The van der Waals surface area contributed by atoms with E-state index in [0.717, 1.165) is 22.8 Å². The Morgan fingerprint density at radius 1 is 1.26 bits per heavy atom. The van der Waals surface area contributed by atoms with Gasteiger partial charge in [-0.25, -0.2) is 4.79 Å². The van der Waals surface area contributed by atoms with Gasteiger partial charge in [-0.1, -0.05) is 12.1 Å². The third kappa shape index (κ3) is 3.88. The molecule has 1 amide bonds. The van der Waals surface area contributed by atoms with Crippen LogP contribution in [-0.2, 0) is 6.54 Å². The number of ether oxygens (including phenoxy) is 1. The normalized spacial score (nSPS) is 15.3.